The minimum Gasteiger partial charge on any atom is -0.357 e. The van der Waals surface area contributed by atoms with E-state index in [2.05, 4.69) is 15.2 Å². The number of carbonyl (C=O) groups excluding carboxylic acids is 1. The highest BCUT2D eigenvalue weighted by Gasteiger charge is 2.36. The Hall–Kier alpha value is -1.67. The molecule has 24 heavy (non-hydrogen) atoms. The zero-order chi connectivity index (χ0) is 17.2. The van der Waals surface area contributed by atoms with E-state index >= 15 is 0 Å². The van der Waals surface area contributed by atoms with Crippen molar-refractivity contribution in [3.8, 4) is 0 Å². The molecule has 2 fully saturated rings. The fourth-order valence-corrected chi connectivity index (χ4v) is 4.52. The van der Waals surface area contributed by atoms with E-state index in [0.29, 0.717) is 19.5 Å². The molecule has 0 aromatic carbocycles. The lowest BCUT2D eigenvalue weighted by Gasteiger charge is -2.21. The summed E-state index contributed by atoms with van der Waals surface area (Å²) < 4.78 is 24.8. The fourth-order valence-electron chi connectivity index (χ4n) is 3.40. The van der Waals surface area contributed by atoms with Crippen LogP contribution in [-0.2, 0) is 21.4 Å². The van der Waals surface area contributed by atoms with Crippen LogP contribution >= 0.6 is 0 Å². The number of nitrogens with one attached hydrogen (secondary N) is 1. The number of carbonyl (C=O) groups is 1. The first kappa shape index (κ1) is 17.2. The standard InChI is InChI=1S/C16H24N4O3S/c1-24(22,23)20-10-4-5-14(20)16(21)18-12-13-6-7-17-15(11-13)19-8-2-3-9-19/h6-7,11,14H,2-5,8-10,12H2,1H3,(H,18,21). The Morgan fingerprint density at radius 3 is 2.75 bits per heavy atom. The predicted octanol–water partition coefficient (Wildman–Crippen LogP) is 0.722. The molecule has 0 radical (unpaired) electrons. The molecule has 2 aliphatic heterocycles. The van der Waals surface area contributed by atoms with Crippen LogP contribution in [-0.4, -0.2) is 55.5 Å². The van der Waals surface area contributed by atoms with Gasteiger partial charge in [0.2, 0.25) is 15.9 Å². The highest BCUT2D eigenvalue weighted by Crippen LogP contribution is 2.21. The molecule has 0 spiro atoms. The van der Waals surface area contributed by atoms with Gasteiger partial charge in [0.15, 0.2) is 0 Å². The number of rotatable bonds is 5. The topological polar surface area (TPSA) is 82.6 Å². The number of aromatic nitrogens is 1. The maximum atomic E-state index is 12.4. The van der Waals surface area contributed by atoms with Crippen molar-refractivity contribution in [2.75, 3.05) is 30.8 Å². The molecule has 1 atom stereocenters. The van der Waals surface area contributed by atoms with E-state index < -0.39 is 16.1 Å². The van der Waals surface area contributed by atoms with Gasteiger partial charge in [-0.05, 0) is 43.4 Å². The molecule has 0 bridgehead atoms. The van der Waals surface area contributed by atoms with Crippen molar-refractivity contribution in [2.45, 2.75) is 38.3 Å². The van der Waals surface area contributed by atoms with Crippen molar-refractivity contribution < 1.29 is 13.2 Å². The van der Waals surface area contributed by atoms with Gasteiger partial charge in [-0.3, -0.25) is 4.79 Å². The summed E-state index contributed by atoms with van der Waals surface area (Å²) >= 11 is 0. The number of hydrogen-bond donors (Lipinski definition) is 1. The summed E-state index contributed by atoms with van der Waals surface area (Å²) in [5.41, 5.74) is 0.976. The van der Waals surface area contributed by atoms with Crippen LogP contribution in [0.4, 0.5) is 5.82 Å². The van der Waals surface area contributed by atoms with Crippen LogP contribution in [0.15, 0.2) is 18.3 Å². The van der Waals surface area contributed by atoms with Crippen molar-refractivity contribution >= 4 is 21.7 Å². The third-order valence-corrected chi connectivity index (χ3v) is 5.93. The highest BCUT2D eigenvalue weighted by atomic mass is 32.2. The van der Waals surface area contributed by atoms with E-state index in [1.54, 1.807) is 6.20 Å². The maximum Gasteiger partial charge on any atom is 0.238 e. The molecule has 0 aliphatic carbocycles. The second-order valence-electron chi connectivity index (χ2n) is 6.47. The van der Waals surface area contributed by atoms with E-state index in [1.807, 2.05) is 12.1 Å². The molecule has 8 heteroatoms. The molecule has 3 heterocycles. The fraction of sp³-hybridized carbons (Fsp3) is 0.625. The third-order valence-electron chi connectivity index (χ3n) is 4.64. The molecule has 1 amide bonds. The number of sulfonamides is 1. The molecular formula is C16H24N4O3S. The Labute approximate surface area is 143 Å². The van der Waals surface area contributed by atoms with Crippen LogP contribution < -0.4 is 10.2 Å². The quantitative estimate of drug-likeness (QED) is 0.844. The molecule has 1 unspecified atom stereocenters. The van der Waals surface area contributed by atoms with Crippen molar-refractivity contribution in [2.24, 2.45) is 0 Å². The summed E-state index contributed by atoms with van der Waals surface area (Å²) in [7, 11) is -3.34. The van der Waals surface area contributed by atoms with Gasteiger partial charge in [0.1, 0.15) is 11.9 Å². The Morgan fingerprint density at radius 1 is 1.29 bits per heavy atom. The minimum atomic E-state index is -3.34. The Kier molecular flexibility index (Phi) is 5.05. The molecule has 7 nitrogen and oxygen atoms in total. The molecule has 1 aromatic heterocycles. The summed E-state index contributed by atoms with van der Waals surface area (Å²) in [6.45, 7) is 2.85. The largest absolute Gasteiger partial charge is 0.357 e. The summed E-state index contributed by atoms with van der Waals surface area (Å²) in [5.74, 6) is 0.718. The zero-order valence-electron chi connectivity index (χ0n) is 13.9. The van der Waals surface area contributed by atoms with Crippen molar-refractivity contribution in [1.29, 1.82) is 0 Å². The van der Waals surface area contributed by atoms with E-state index in [4.69, 9.17) is 0 Å². The Morgan fingerprint density at radius 2 is 2.04 bits per heavy atom. The van der Waals surface area contributed by atoms with Gasteiger partial charge in [-0.15, -0.1) is 0 Å². The molecule has 3 rings (SSSR count). The van der Waals surface area contributed by atoms with E-state index in [-0.39, 0.29) is 5.91 Å². The summed E-state index contributed by atoms with van der Waals surface area (Å²) in [4.78, 5) is 19.0. The monoisotopic (exact) mass is 352 g/mol. The van der Waals surface area contributed by atoms with Crippen LogP contribution in [0.1, 0.15) is 31.2 Å². The number of pyridine rings is 1. The van der Waals surface area contributed by atoms with Gasteiger partial charge in [0.25, 0.3) is 0 Å². The van der Waals surface area contributed by atoms with Gasteiger partial charge in [-0.25, -0.2) is 13.4 Å². The van der Waals surface area contributed by atoms with E-state index in [9.17, 15) is 13.2 Å². The molecule has 2 aliphatic rings. The smallest absolute Gasteiger partial charge is 0.238 e. The van der Waals surface area contributed by atoms with Crippen molar-refractivity contribution in [3.05, 3.63) is 23.9 Å². The van der Waals surface area contributed by atoms with E-state index in [1.165, 1.54) is 17.1 Å². The average Bonchev–Trinajstić information content (AvgIpc) is 3.23. The molecule has 1 aromatic rings. The van der Waals surface area contributed by atoms with Crippen molar-refractivity contribution in [3.63, 3.8) is 0 Å². The zero-order valence-corrected chi connectivity index (χ0v) is 14.8. The van der Waals surface area contributed by atoms with Crippen LogP contribution in [0.5, 0.6) is 0 Å². The SMILES string of the molecule is CS(=O)(=O)N1CCCC1C(=O)NCc1ccnc(N2CCCC2)c1. The summed E-state index contributed by atoms with van der Waals surface area (Å²) in [6.07, 6.45) is 6.59. The van der Waals surface area contributed by atoms with Gasteiger partial charge < -0.3 is 10.2 Å². The molecule has 1 N–H and O–H groups in total. The van der Waals surface area contributed by atoms with Gasteiger partial charge in [-0.2, -0.15) is 4.31 Å². The first-order valence-corrected chi connectivity index (χ1v) is 10.2. The van der Waals surface area contributed by atoms with Gasteiger partial charge in [0.05, 0.1) is 6.26 Å². The molecule has 132 valence electrons. The van der Waals surface area contributed by atoms with Crippen LogP contribution in [0, 0.1) is 0 Å². The molecular weight excluding hydrogens is 328 g/mol. The van der Waals surface area contributed by atoms with Crippen LogP contribution in [0.2, 0.25) is 0 Å². The molecule has 0 saturated carbocycles. The number of hydrogen-bond acceptors (Lipinski definition) is 5. The maximum absolute atomic E-state index is 12.4. The average molecular weight is 352 g/mol. The first-order chi connectivity index (χ1) is 11.4. The van der Waals surface area contributed by atoms with Crippen molar-refractivity contribution in [1.82, 2.24) is 14.6 Å². The second kappa shape index (κ2) is 7.06. The number of amides is 1. The highest BCUT2D eigenvalue weighted by molar-refractivity contribution is 7.88. The number of anilines is 1. The summed E-state index contributed by atoms with van der Waals surface area (Å²) in [6, 6.07) is 3.29. The summed E-state index contributed by atoms with van der Waals surface area (Å²) in [5, 5.41) is 2.87. The van der Waals surface area contributed by atoms with Gasteiger partial charge >= 0.3 is 0 Å². The van der Waals surface area contributed by atoms with Gasteiger partial charge in [-0.1, -0.05) is 0 Å². The first-order valence-electron chi connectivity index (χ1n) is 8.39. The normalized spacial score (nSPS) is 22.0. The Bertz CT molecular complexity index is 701. The number of nitrogens with zero attached hydrogens (tertiary/aromatic N) is 3. The van der Waals surface area contributed by atoms with Crippen LogP contribution in [0.25, 0.3) is 0 Å². The Balaban J connectivity index is 1.61. The third kappa shape index (κ3) is 3.87. The van der Waals surface area contributed by atoms with Gasteiger partial charge in [0, 0.05) is 32.4 Å². The minimum absolute atomic E-state index is 0.225. The molecule has 2 saturated heterocycles. The second-order valence-corrected chi connectivity index (χ2v) is 8.40. The lowest BCUT2D eigenvalue weighted by atomic mass is 10.2. The van der Waals surface area contributed by atoms with E-state index in [0.717, 1.165) is 37.1 Å². The lowest BCUT2D eigenvalue weighted by molar-refractivity contribution is -0.124. The predicted molar refractivity (Wildman–Crippen MR) is 92.1 cm³/mol. The lowest BCUT2D eigenvalue weighted by Crippen LogP contribution is -2.45. The van der Waals surface area contributed by atoms with Crippen LogP contribution in [0.3, 0.4) is 0 Å².